The predicted molar refractivity (Wildman–Crippen MR) is 80.5 cm³/mol. The van der Waals surface area contributed by atoms with Crippen LogP contribution in [-0.4, -0.2) is 23.0 Å². The van der Waals surface area contributed by atoms with Crippen LogP contribution < -0.4 is 0 Å². The number of carbonyl (C=O) groups excluding carboxylic acids is 1. The summed E-state index contributed by atoms with van der Waals surface area (Å²) in [5, 5.41) is 29.7. The number of hydrogen-bond donors (Lipinski definition) is 0. The van der Waals surface area contributed by atoms with Gasteiger partial charge in [-0.2, -0.15) is 10.5 Å². The van der Waals surface area contributed by atoms with Crippen LogP contribution in [0.15, 0.2) is 24.3 Å². The van der Waals surface area contributed by atoms with Gasteiger partial charge in [-0.05, 0) is 38.5 Å². The molecular weight excluding hydrogens is 317 g/mol. The van der Waals surface area contributed by atoms with Crippen molar-refractivity contribution in [1.29, 1.82) is 10.5 Å². The maximum absolute atomic E-state index is 13.2. The van der Waals surface area contributed by atoms with E-state index >= 15 is 0 Å². The quantitative estimate of drug-likeness (QED) is 0.464. The minimum Gasteiger partial charge on any atom is -0.459 e. The van der Waals surface area contributed by atoms with E-state index in [2.05, 4.69) is 0 Å². The summed E-state index contributed by atoms with van der Waals surface area (Å²) in [5.41, 5.74) is -3.18. The molecule has 0 unspecified atom stereocenters. The number of benzene rings is 1. The first kappa shape index (κ1) is 19.0. The average Bonchev–Trinajstić information content (AvgIpc) is 2.45. The van der Waals surface area contributed by atoms with Gasteiger partial charge in [-0.1, -0.05) is 12.1 Å². The van der Waals surface area contributed by atoms with E-state index < -0.39 is 40.2 Å². The lowest BCUT2D eigenvalue weighted by Crippen LogP contribution is -2.50. The maximum atomic E-state index is 13.2. The molecule has 0 amide bonds. The highest BCUT2D eigenvalue weighted by Gasteiger charge is 2.55. The maximum Gasteiger partial charge on any atom is 0.326 e. The lowest BCUT2D eigenvalue weighted by atomic mass is 9.71. The van der Waals surface area contributed by atoms with Crippen LogP contribution in [0, 0.1) is 44.5 Å². The Balaban J connectivity index is 3.65. The fraction of sp³-hybridized carbons (Fsp3) is 0.438. The van der Waals surface area contributed by atoms with Crippen LogP contribution in [0.3, 0.4) is 0 Å². The van der Waals surface area contributed by atoms with Crippen molar-refractivity contribution in [3.8, 4) is 12.1 Å². The lowest BCUT2D eigenvalue weighted by Gasteiger charge is -2.32. The fourth-order valence-electron chi connectivity index (χ4n) is 2.22. The van der Waals surface area contributed by atoms with Crippen molar-refractivity contribution in [2.75, 3.05) is 6.54 Å². The van der Waals surface area contributed by atoms with Crippen molar-refractivity contribution in [2.24, 2.45) is 5.92 Å². The molecular formula is C16H16FN3O4. The summed E-state index contributed by atoms with van der Waals surface area (Å²) in [4.78, 5) is 23.1. The first-order chi connectivity index (χ1) is 11.1. The number of rotatable bonds is 5. The van der Waals surface area contributed by atoms with E-state index in [0.29, 0.717) is 0 Å². The Morgan fingerprint density at radius 2 is 1.79 bits per heavy atom. The van der Waals surface area contributed by atoms with E-state index in [-0.39, 0.29) is 5.56 Å². The fourth-order valence-corrected chi connectivity index (χ4v) is 2.22. The number of ether oxygens (including phenoxy) is 1. The average molecular weight is 333 g/mol. The van der Waals surface area contributed by atoms with E-state index in [1.807, 2.05) is 0 Å². The highest BCUT2D eigenvalue weighted by molar-refractivity contribution is 5.85. The topological polar surface area (TPSA) is 117 Å². The van der Waals surface area contributed by atoms with Crippen molar-refractivity contribution in [3.63, 3.8) is 0 Å². The Bertz CT molecular complexity index is 699. The van der Waals surface area contributed by atoms with Crippen LogP contribution in [0.5, 0.6) is 0 Å². The molecule has 0 aliphatic rings. The molecule has 0 bridgehead atoms. The van der Waals surface area contributed by atoms with Gasteiger partial charge in [0.1, 0.15) is 11.4 Å². The Labute approximate surface area is 138 Å². The molecule has 1 rings (SSSR count). The SMILES string of the molecule is CC(C)(C)OC(=O)[C@](C[N+](=O)[O-])(c1ccc(F)cc1)C(C#N)C#N. The van der Waals surface area contributed by atoms with E-state index in [1.165, 1.54) is 0 Å². The van der Waals surface area contributed by atoms with Crippen LogP contribution in [0.25, 0.3) is 0 Å². The highest BCUT2D eigenvalue weighted by atomic mass is 19.1. The molecule has 0 aliphatic carbocycles. The van der Waals surface area contributed by atoms with Gasteiger partial charge in [-0.15, -0.1) is 0 Å². The van der Waals surface area contributed by atoms with Crippen molar-refractivity contribution in [1.82, 2.24) is 0 Å². The summed E-state index contributed by atoms with van der Waals surface area (Å²) in [6, 6.07) is 7.52. The number of nitrogens with zero attached hydrogens (tertiary/aromatic N) is 3. The van der Waals surface area contributed by atoms with E-state index in [1.54, 1.807) is 32.9 Å². The van der Waals surface area contributed by atoms with Gasteiger partial charge in [-0.25, -0.2) is 4.39 Å². The van der Waals surface area contributed by atoms with Crippen molar-refractivity contribution in [3.05, 3.63) is 45.8 Å². The minimum absolute atomic E-state index is 0.0250. The summed E-state index contributed by atoms with van der Waals surface area (Å²) in [6.07, 6.45) is 0. The number of nitriles is 2. The van der Waals surface area contributed by atoms with E-state index in [0.717, 1.165) is 24.3 Å². The second-order valence-electron chi connectivity index (χ2n) is 6.16. The third-order valence-corrected chi connectivity index (χ3v) is 3.25. The van der Waals surface area contributed by atoms with Crippen molar-refractivity contribution < 1.29 is 18.8 Å². The largest absolute Gasteiger partial charge is 0.459 e. The number of nitro groups is 1. The van der Waals surface area contributed by atoms with Crippen LogP contribution in [0.4, 0.5) is 4.39 Å². The van der Waals surface area contributed by atoms with Crippen molar-refractivity contribution >= 4 is 5.97 Å². The molecule has 0 radical (unpaired) electrons. The van der Waals surface area contributed by atoms with Crippen molar-refractivity contribution in [2.45, 2.75) is 31.8 Å². The Morgan fingerprint density at radius 1 is 1.29 bits per heavy atom. The van der Waals surface area contributed by atoms with Gasteiger partial charge in [0.15, 0.2) is 11.3 Å². The molecule has 0 fully saturated rings. The summed E-state index contributed by atoms with van der Waals surface area (Å²) in [6.45, 7) is 3.64. The zero-order valence-electron chi connectivity index (χ0n) is 13.4. The van der Waals surface area contributed by atoms with Gasteiger partial charge in [0, 0.05) is 4.92 Å². The standard InChI is InChI=1S/C16H16FN3O4/c1-15(2,3)24-14(21)16(10-20(22)23,12(8-18)9-19)11-4-6-13(17)7-5-11/h4-7,12H,10H2,1-3H3/t16-/m1/s1. The molecule has 1 aromatic carbocycles. The van der Waals surface area contributed by atoms with Gasteiger partial charge < -0.3 is 4.74 Å². The van der Waals surface area contributed by atoms with Gasteiger partial charge in [-0.3, -0.25) is 14.9 Å². The molecule has 126 valence electrons. The number of esters is 1. The van der Waals surface area contributed by atoms with Crippen LogP contribution >= 0.6 is 0 Å². The second-order valence-corrected chi connectivity index (χ2v) is 6.16. The Hall–Kier alpha value is -3.00. The molecule has 1 aromatic rings. The third kappa shape index (κ3) is 4.05. The molecule has 0 N–H and O–H groups in total. The normalized spacial score (nSPS) is 13.5. The second kappa shape index (κ2) is 7.05. The highest BCUT2D eigenvalue weighted by Crippen LogP contribution is 2.36. The van der Waals surface area contributed by atoms with Crippen LogP contribution in [0.1, 0.15) is 26.3 Å². The lowest BCUT2D eigenvalue weighted by molar-refractivity contribution is -0.489. The Kier molecular flexibility index (Phi) is 5.60. The zero-order valence-corrected chi connectivity index (χ0v) is 13.4. The molecule has 0 saturated heterocycles. The van der Waals surface area contributed by atoms with E-state index in [9.17, 15) is 29.8 Å². The first-order valence-electron chi connectivity index (χ1n) is 6.97. The monoisotopic (exact) mass is 333 g/mol. The van der Waals surface area contributed by atoms with Gasteiger partial charge >= 0.3 is 5.97 Å². The summed E-state index contributed by atoms with van der Waals surface area (Å²) in [5.74, 6) is -3.38. The molecule has 24 heavy (non-hydrogen) atoms. The van der Waals surface area contributed by atoms with Gasteiger partial charge in [0.25, 0.3) is 0 Å². The summed E-state index contributed by atoms with van der Waals surface area (Å²) >= 11 is 0. The Morgan fingerprint density at radius 3 is 2.17 bits per heavy atom. The van der Waals surface area contributed by atoms with Crippen LogP contribution in [-0.2, 0) is 14.9 Å². The molecule has 0 heterocycles. The molecule has 1 atom stereocenters. The molecule has 7 nitrogen and oxygen atoms in total. The predicted octanol–water partition coefficient (Wildman–Crippen LogP) is 2.35. The molecule has 0 spiro atoms. The number of halogens is 1. The summed E-state index contributed by atoms with van der Waals surface area (Å²) < 4.78 is 18.4. The molecule has 0 aromatic heterocycles. The van der Waals surface area contributed by atoms with Gasteiger partial charge in [0.2, 0.25) is 6.54 Å². The molecule has 8 heteroatoms. The van der Waals surface area contributed by atoms with Crippen LogP contribution in [0.2, 0.25) is 0 Å². The number of hydrogen-bond acceptors (Lipinski definition) is 6. The van der Waals surface area contributed by atoms with E-state index in [4.69, 9.17) is 4.74 Å². The number of carbonyl (C=O) groups is 1. The first-order valence-corrected chi connectivity index (χ1v) is 6.97. The van der Waals surface area contributed by atoms with Gasteiger partial charge in [0.05, 0.1) is 12.1 Å². The summed E-state index contributed by atoms with van der Waals surface area (Å²) in [7, 11) is 0. The molecule has 0 saturated carbocycles. The smallest absolute Gasteiger partial charge is 0.326 e. The third-order valence-electron chi connectivity index (χ3n) is 3.25. The minimum atomic E-state index is -2.16. The molecule has 0 aliphatic heterocycles. The zero-order chi connectivity index (χ0) is 18.5.